The molecule has 17 heavy (non-hydrogen) atoms. The van der Waals surface area contributed by atoms with Crippen molar-refractivity contribution in [3.63, 3.8) is 0 Å². The molecule has 0 aliphatic heterocycles. The van der Waals surface area contributed by atoms with Gasteiger partial charge in [-0.1, -0.05) is 20.8 Å². The maximum Gasteiger partial charge on any atom is 0.0644 e. The molecule has 3 nitrogen and oxygen atoms in total. The van der Waals surface area contributed by atoms with Gasteiger partial charge in [-0.3, -0.25) is 4.68 Å². The van der Waals surface area contributed by atoms with E-state index >= 15 is 0 Å². The average Bonchev–Trinajstić information content (AvgIpc) is 2.61. The summed E-state index contributed by atoms with van der Waals surface area (Å²) in [7, 11) is 0. The summed E-state index contributed by atoms with van der Waals surface area (Å²) in [4.78, 5) is 0. The largest absolute Gasteiger partial charge is 0.310 e. The molecule has 98 valence electrons. The third kappa shape index (κ3) is 2.89. The third-order valence-electron chi connectivity index (χ3n) is 3.60. The second-order valence-corrected chi connectivity index (χ2v) is 4.80. The topological polar surface area (TPSA) is 29.9 Å². The van der Waals surface area contributed by atoms with Gasteiger partial charge in [-0.2, -0.15) is 5.10 Å². The van der Waals surface area contributed by atoms with Crippen LogP contribution >= 0.6 is 0 Å². The highest BCUT2D eigenvalue weighted by Gasteiger charge is 2.20. The van der Waals surface area contributed by atoms with Gasteiger partial charge in [0.2, 0.25) is 0 Å². The van der Waals surface area contributed by atoms with E-state index in [1.54, 1.807) is 0 Å². The van der Waals surface area contributed by atoms with E-state index in [9.17, 15) is 0 Å². The first-order valence-corrected chi connectivity index (χ1v) is 6.85. The zero-order valence-corrected chi connectivity index (χ0v) is 12.2. The van der Waals surface area contributed by atoms with Crippen LogP contribution in [0.2, 0.25) is 0 Å². The van der Waals surface area contributed by atoms with E-state index in [1.165, 1.54) is 17.0 Å². The van der Waals surface area contributed by atoms with Crippen LogP contribution in [-0.4, -0.2) is 16.3 Å². The minimum atomic E-state index is 0.442. The minimum absolute atomic E-state index is 0.442. The number of hydrogen-bond donors (Lipinski definition) is 1. The smallest absolute Gasteiger partial charge is 0.0644 e. The van der Waals surface area contributed by atoms with E-state index in [1.807, 2.05) is 0 Å². The molecule has 0 saturated carbocycles. The van der Waals surface area contributed by atoms with Gasteiger partial charge in [0.15, 0.2) is 0 Å². The van der Waals surface area contributed by atoms with Crippen molar-refractivity contribution in [2.24, 2.45) is 0 Å². The Bertz CT molecular complexity index is 355. The molecule has 1 N–H and O–H groups in total. The van der Waals surface area contributed by atoms with Crippen molar-refractivity contribution >= 4 is 0 Å². The number of nitrogens with one attached hydrogen (secondary N) is 1. The van der Waals surface area contributed by atoms with E-state index in [0.29, 0.717) is 12.1 Å². The van der Waals surface area contributed by atoms with Crippen molar-refractivity contribution in [1.29, 1.82) is 0 Å². The molecule has 0 spiro atoms. The Morgan fingerprint density at radius 2 is 1.82 bits per heavy atom. The fourth-order valence-corrected chi connectivity index (χ4v) is 2.48. The van der Waals surface area contributed by atoms with E-state index in [-0.39, 0.29) is 0 Å². The molecule has 2 unspecified atom stereocenters. The fourth-order valence-electron chi connectivity index (χ4n) is 2.48. The van der Waals surface area contributed by atoms with Crippen LogP contribution in [-0.2, 0) is 0 Å². The average molecular weight is 237 g/mol. The number of hydrogen-bond acceptors (Lipinski definition) is 2. The van der Waals surface area contributed by atoms with Crippen LogP contribution in [0.1, 0.15) is 69.6 Å². The molecular weight excluding hydrogens is 210 g/mol. The maximum atomic E-state index is 4.71. The molecule has 3 heteroatoms. The molecule has 0 aromatic carbocycles. The van der Waals surface area contributed by atoms with Gasteiger partial charge >= 0.3 is 0 Å². The van der Waals surface area contributed by atoms with Crippen molar-refractivity contribution in [3.8, 4) is 0 Å². The molecule has 0 amide bonds. The molecule has 0 fully saturated rings. The summed E-state index contributed by atoms with van der Waals surface area (Å²) in [5.74, 6) is 0. The van der Waals surface area contributed by atoms with Crippen LogP contribution in [0.15, 0.2) is 0 Å². The summed E-state index contributed by atoms with van der Waals surface area (Å²) in [6, 6.07) is 0.930. The summed E-state index contributed by atoms with van der Waals surface area (Å²) in [5, 5.41) is 8.26. The predicted molar refractivity (Wildman–Crippen MR) is 73.4 cm³/mol. The highest BCUT2D eigenvalue weighted by Crippen LogP contribution is 2.26. The Kier molecular flexibility index (Phi) is 5.19. The molecule has 1 aromatic heterocycles. The Morgan fingerprint density at radius 3 is 2.29 bits per heavy atom. The first-order valence-electron chi connectivity index (χ1n) is 6.85. The molecule has 1 heterocycles. The van der Waals surface area contributed by atoms with Crippen LogP contribution in [0.4, 0.5) is 0 Å². The minimum Gasteiger partial charge on any atom is -0.310 e. The highest BCUT2D eigenvalue weighted by molar-refractivity contribution is 5.28. The molecule has 0 radical (unpaired) electrons. The first-order chi connectivity index (χ1) is 8.06. The zero-order chi connectivity index (χ0) is 13.0. The van der Waals surface area contributed by atoms with Gasteiger partial charge in [0.05, 0.1) is 5.69 Å². The summed E-state index contributed by atoms with van der Waals surface area (Å²) in [6.07, 6.45) is 2.24. The Labute approximate surface area is 106 Å². The van der Waals surface area contributed by atoms with Gasteiger partial charge in [0.1, 0.15) is 0 Å². The second kappa shape index (κ2) is 6.20. The predicted octanol–water partition coefficient (Wildman–Crippen LogP) is 3.53. The van der Waals surface area contributed by atoms with Crippen molar-refractivity contribution in [1.82, 2.24) is 15.1 Å². The van der Waals surface area contributed by atoms with E-state index in [0.717, 1.165) is 19.4 Å². The van der Waals surface area contributed by atoms with Gasteiger partial charge in [0, 0.05) is 23.3 Å². The summed E-state index contributed by atoms with van der Waals surface area (Å²) in [5.41, 5.74) is 3.90. The molecule has 1 rings (SSSR count). The second-order valence-electron chi connectivity index (χ2n) is 4.80. The lowest BCUT2D eigenvalue weighted by atomic mass is 10.0. The van der Waals surface area contributed by atoms with E-state index < -0.39 is 0 Å². The van der Waals surface area contributed by atoms with Crippen LogP contribution in [0.25, 0.3) is 0 Å². The maximum absolute atomic E-state index is 4.71. The highest BCUT2D eigenvalue weighted by atomic mass is 15.3. The molecular formula is C14H27N3. The van der Waals surface area contributed by atoms with Crippen molar-refractivity contribution in [2.45, 2.75) is 66.5 Å². The lowest BCUT2D eigenvalue weighted by Gasteiger charge is -2.18. The van der Waals surface area contributed by atoms with Crippen molar-refractivity contribution < 1.29 is 0 Å². The molecule has 0 bridgehead atoms. The third-order valence-corrected chi connectivity index (χ3v) is 3.60. The van der Waals surface area contributed by atoms with Crippen LogP contribution in [0, 0.1) is 13.8 Å². The van der Waals surface area contributed by atoms with Crippen molar-refractivity contribution in [3.05, 3.63) is 17.0 Å². The van der Waals surface area contributed by atoms with Gasteiger partial charge in [-0.25, -0.2) is 0 Å². The first kappa shape index (κ1) is 14.2. The lowest BCUT2D eigenvalue weighted by molar-refractivity contribution is 0.462. The number of aryl methyl sites for hydroxylation is 1. The molecule has 0 aliphatic carbocycles. The fraction of sp³-hybridized carbons (Fsp3) is 0.786. The lowest BCUT2D eigenvalue weighted by Crippen LogP contribution is -2.21. The summed E-state index contributed by atoms with van der Waals surface area (Å²) < 4.78 is 2.19. The molecule has 2 atom stereocenters. The van der Waals surface area contributed by atoms with Crippen LogP contribution in [0.3, 0.4) is 0 Å². The van der Waals surface area contributed by atoms with Gasteiger partial charge < -0.3 is 5.32 Å². The summed E-state index contributed by atoms with van der Waals surface area (Å²) in [6.45, 7) is 14.2. The number of aromatic nitrogens is 2. The molecule has 1 aromatic rings. The monoisotopic (exact) mass is 237 g/mol. The Morgan fingerprint density at radius 1 is 1.18 bits per heavy atom. The Hall–Kier alpha value is -0.830. The van der Waals surface area contributed by atoms with Gasteiger partial charge in [-0.15, -0.1) is 0 Å². The summed E-state index contributed by atoms with van der Waals surface area (Å²) >= 11 is 0. The normalized spacial score (nSPS) is 14.9. The Balaban J connectivity index is 3.11. The van der Waals surface area contributed by atoms with Gasteiger partial charge in [-0.05, 0) is 40.2 Å². The zero-order valence-electron chi connectivity index (χ0n) is 12.2. The van der Waals surface area contributed by atoms with E-state index in [4.69, 9.17) is 5.10 Å². The quantitative estimate of drug-likeness (QED) is 0.820. The standard InChI is InChI=1S/C14H27N3/c1-7-10(4)17-12(6)14(11(5)16-17)13(8-2)15-9-3/h10,13,15H,7-9H2,1-6H3. The van der Waals surface area contributed by atoms with Crippen LogP contribution < -0.4 is 5.32 Å². The number of rotatable bonds is 6. The SMILES string of the molecule is CCNC(CC)c1c(C)nn(C(C)CC)c1C. The van der Waals surface area contributed by atoms with Crippen LogP contribution in [0.5, 0.6) is 0 Å². The van der Waals surface area contributed by atoms with Crippen molar-refractivity contribution in [2.75, 3.05) is 6.54 Å². The number of nitrogens with zero attached hydrogens (tertiary/aromatic N) is 2. The molecule has 0 saturated heterocycles. The van der Waals surface area contributed by atoms with Gasteiger partial charge in [0.25, 0.3) is 0 Å². The van der Waals surface area contributed by atoms with E-state index in [2.05, 4.69) is 51.5 Å². The molecule has 0 aliphatic rings.